The van der Waals surface area contributed by atoms with Crippen molar-refractivity contribution in [3.63, 3.8) is 0 Å². The van der Waals surface area contributed by atoms with E-state index < -0.39 is 5.97 Å². The lowest BCUT2D eigenvalue weighted by Crippen LogP contribution is -2.05. The highest BCUT2D eigenvalue weighted by Crippen LogP contribution is 2.29. The Kier molecular flexibility index (Phi) is 4.92. The maximum atomic E-state index is 12.6. The van der Waals surface area contributed by atoms with E-state index >= 15 is 0 Å². The van der Waals surface area contributed by atoms with Gasteiger partial charge in [0.1, 0.15) is 11.4 Å². The van der Waals surface area contributed by atoms with Gasteiger partial charge in [-0.15, -0.1) is 11.8 Å². The molecule has 0 saturated heterocycles. The Morgan fingerprint density at radius 3 is 2.41 bits per heavy atom. The molecule has 0 spiro atoms. The number of hydrogen-bond donors (Lipinski definition) is 2. The second-order valence-corrected chi connectivity index (χ2v) is 5.58. The van der Waals surface area contributed by atoms with E-state index in [-0.39, 0.29) is 12.2 Å². The highest BCUT2D eigenvalue weighted by molar-refractivity contribution is 7.98. The molecule has 1 aromatic carbocycles. The molecule has 0 amide bonds. The Bertz CT molecular complexity index is 704. The fourth-order valence-electron chi connectivity index (χ4n) is 2.26. The summed E-state index contributed by atoms with van der Waals surface area (Å²) in [5, 5.41) is 8.95. The number of H-pyrrole nitrogens is 1. The number of hydrogen-bond acceptors (Lipinski definition) is 4. The van der Waals surface area contributed by atoms with Crippen LogP contribution in [0.25, 0.3) is 0 Å². The third-order valence-electron chi connectivity index (χ3n) is 3.41. The van der Waals surface area contributed by atoms with Crippen molar-refractivity contribution < 1.29 is 19.4 Å². The van der Waals surface area contributed by atoms with E-state index in [2.05, 4.69) is 4.98 Å². The zero-order valence-corrected chi connectivity index (χ0v) is 13.4. The zero-order chi connectivity index (χ0) is 16.3. The summed E-state index contributed by atoms with van der Waals surface area (Å²) in [6.07, 6.45) is 1.74. The number of carbonyl (C=O) groups excluding carboxylic acids is 1. The van der Waals surface area contributed by atoms with Gasteiger partial charge in [-0.3, -0.25) is 9.59 Å². The molecule has 0 bridgehead atoms. The van der Waals surface area contributed by atoms with Gasteiger partial charge >= 0.3 is 5.97 Å². The lowest BCUT2D eigenvalue weighted by atomic mass is 10.1. The molecule has 2 aromatic rings. The number of ether oxygens (including phenoxy) is 1. The first-order valence-corrected chi connectivity index (χ1v) is 7.86. The molecule has 5 nitrogen and oxygen atoms in total. The number of aromatic amines is 1. The Morgan fingerprint density at radius 2 is 1.91 bits per heavy atom. The molecule has 0 fully saturated rings. The minimum Gasteiger partial charge on any atom is -0.497 e. The van der Waals surface area contributed by atoms with Gasteiger partial charge in [0.15, 0.2) is 0 Å². The van der Waals surface area contributed by atoms with Gasteiger partial charge in [0.2, 0.25) is 5.78 Å². The molecule has 0 aliphatic heterocycles. The number of aliphatic carboxylic acids is 1. The monoisotopic (exact) mass is 319 g/mol. The van der Waals surface area contributed by atoms with Crippen molar-refractivity contribution in [1.82, 2.24) is 4.98 Å². The second-order valence-electron chi connectivity index (χ2n) is 4.76. The van der Waals surface area contributed by atoms with Crippen molar-refractivity contribution in [1.29, 1.82) is 0 Å². The predicted octanol–water partition coefficient (Wildman–Crippen LogP) is 2.91. The lowest BCUT2D eigenvalue weighted by molar-refractivity contribution is -0.136. The Hall–Kier alpha value is -2.21. The number of benzene rings is 1. The van der Waals surface area contributed by atoms with Crippen molar-refractivity contribution in [3.8, 4) is 5.75 Å². The molecule has 0 radical (unpaired) electrons. The van der Waals surface area contributed by atoms with Crippen LogP contribution in [0.5, 0.6) is 5.75 Å². The van der Waals surface area contributed by atoms with E-state index in [0.29, 0.717) is 22.7 Å². The Balaban J connectivity index is 2.41. The van der Waals surface area contributed by atoms with Crippen molar-refractivity contribution in [2.75, 3.05) is 13.4 Å². The number of rotatable bonds is 6. The number of thioether (sulfide) groups is 1. The third-order valence-corrected chi connectivity index (χ3v) is 4.33. The minimum absolute atomic E-state index is 0.130. The first-order chi connectivity index (χ1) is 10.5. The number of aromatic nitrogens is 1. The average Bonchev–Trinajstić information content (AvgIpc) is 2.82. The fraction of sp³-hybridized carbons (Fsp3) is 0.250. The maximum absolute atomic E-state index is 12.6. The summed E-state index contributed by atoms with van der Waals surface area (Å²) in [6.45, 7) is 1.82. The van der Waals surface area contributed by atoms with Crippen LogP contribution < -0.4 is 4.74 Å². The van der Waals surface area contributed by atoms with Crippen LogP contribution in [0.4, 0.5) is 0 Å². The van der Waals surface area contributed by atoms with Gasteiger partial charge in [-0.05, 0) is 43.0 Å². The topological polar surface area (TPSA) is 79.4 Å². The normalized spacial score (nSPS) is 10.5. The molecule has 22 heavy (non-hydrogen) atoms. The van der Waals surface area contributed by atoms with Crippen LogP contribution >= 0.6 is 11.8 Å². The molecule has 0 atom stereocenters. The molecule has 2 N–H and O–H groups in total. The number of nitrogens with one attached hydrogen (secondary N) is 1. The minimum atomic E-state index is -0.930. The van der Waals surface area contributed by atoms with E-state index in [1.807, 2.05) is 13.2 Å². The number of carboxylic acids is 1. The lowest BCUT2D eigenvalue weighted by Gasteiger charge is -2.04. The van der Waals surface area contributed by atoms with Gasteiger partial charge in [-0.1, -0.05) is 0 Å². The van der Waals surface area contributed by atoms with Crippen LogP contribution in [0.3, 0.4) is 0 Å². The predicted molar refractivity (Wildman–Crippen MR) is 85.1 cm³/mol. The Labute approximate surface area is 132 Å². The summed E-state index contributed by atoms with van der Waals surface area (Å²) < 4.78 is 5.08. The van der Waals surface area contributed by atoms with Crippen LogP contribution in [0.1, 0.15) is 27.3 Å². The molecule has 0 saturated carbocycles. The summed E-state index contributed by atoms with van der Waals surface area (Å²) in [5.74, 6) is -0.414. The molecule has 2 rings (SSSR count). The van der Waals surface area contributed by atoms with Crippen molar-refractivity contribution in [3.05, 3.63) is 46.8 Å². The zero-order valence-electron chi connectivity index (χ0n) is 12.6. The highest BCUT2D eigenvalue weighted by Gasteiger charge is 2.21. The van der Waals surface area contributed by atoms with Gasteiger partial charge in [0.05, 0.1) is 13.5 Å². The van der Waals surface area contributed by atoms with Crippen molar-refractivity contribution in [2.24, 2.45) is 0 Å². The smallest absolute Gasteiger partial charge is 0.309 e. The quantitative estimate of drug-likeness (QED) is 0.632. The largest absolute Gasteiger partial charge is 0.497 e. The first-order valence-electron chi connectivity index (χ1n) is 6.64. The average molecular weight is 319 g/mol. The summed E-state index contributed by atoms with van der Waals surface area (Å²) in [6, 6.07) is 6.83. The van der Waals surface area contributed by atoms with Crippen LogP contribution in [0, 0.1) is 6.92 Å². The van der Waals surface area contributed by atoms with Gasteiger partial charge in [-0.2, -0.15) is 0 Å². The van der Waals surface area contributed by atoms with E-state index in [9.17, 15) is 9.59 Å². The van der Waals surface area contributed by atoms with E-state index in [4.69, 9.17) is 9.84 Å². The van der Waals surface area contributed by atoms with Crippen molar-refractivity contribution in [2.45, 2.75) is 18.2 Å². The standard InChI is InChI=1S/C16H17NO4S/c1-9-12(8-13(18)19)17-14(16(9)22-3)15(20)10-4-6-11(21-2)7-5-10/h4-7,17H,8H2,1-3H3,(H,18,19). The van der Waals surface area contributed by atoms with E-state index in [1.165, 1.54) is 11.8 Å². The summed E-state index contributed by atoms with van der Waals surface area (Å²) in [7, 11) is 1.56. The molecule has 116 valence electrons. The van der Waals surface area contributed by atoms with Gasteiger partial charge in [0.25, 0.3) is 0 Å². The maximum Gasteiger partial charge on any atom is 0.309 e. The number of carbonyl (C=O) groups is 2. The van der Waals surface area contributed by atoms with Gasteiger partial charge < -0.3 is 14.8 Å². The van der Waals surface area contributed by atoms with E-state index in [0.717, 1.165) is 10.5 Å². The molecular weight excluding hydrogens is 302 g/mol. The summed E-state index contributed by atoms with van der Waals surface area (Å²) in [4.78, 5) is 27.3. The Morgan fingerprint density at radius 1 is 1.27 bits per heavy atom. The molecule has 1 aromatic heterocycles. The molecule has 0 unspecified atom stereocenters. The van der Waals surface area contributed by atoms with Crippen LogP contribution in [0.15, 0.2) is 29.2 Å². The molecule has 1 heterocycles. The number of methoxy groups -OCH3 is 1. The fourth-order valence-corrected chi connectivity index (χ4v) is 3.03. The summed E-state index contributed by atoms with van der Waals surface area (Å²) >= 11 is 1.43. The van der Waals surface area contributed by atoms with Crippen molar-refractivity contribution >= 4 is 23.5 Å². The SMILES string of the molecule is COc1ccc(C(=O)c2[nH]c(CC(=O)O)c(C)c2SC)cc1. The van der Waals surface area contributed by atoms with Gasteiger partial charge in [0, 0.05) is 16.2 Å². The highest BCUT2D eigenvalue weighted by atomic mass is 32.2. The molecular formula is C16H17NO4S. The van der Waals surface area contributed by atoms with E-state index in [1.54, 1.807) is 31.4 Å². The third kappa shape index (κ3) is 3.17. The number of ketones is 1. The number of carboxylic acid groups (broad SMARTS) is 1. The second kappa shape index (κ2) is 6.70. The molecule has 6 heteroatoms. The summed E-state index contributed by atoms with van der Waals surface area (Å²) in [5.41, 5.74) is 2.34. The molecule has 0 aliphatic carbocycles. The van der Waals surface area contributed by atoms with Gasteiger partial charge in [-0.25, -0.2) is 0 Å². The first kappa shape index (κ1) is 16.2. The van der Waals surface area contributed by atoms with Crippen LogP contribution in [0.2, 0.25) is 0 Å². The molecule has 0 aliphatic rings. The van der Waals surface area contributed by atoms with Crippen LogP contribution in [-0.2, 0) is 11.2 Å². The van der Waals surface area contributed by atoms with Crippen LogP contribution in [-0.4, -0.2) is 35.2 Å².